The lowest BCUT2D eigenvalue weighted by Gasteiger charge is -2.17. The molecule has 0 saturated carbocycles. The molecule has 3 rings (SSSR count). The standard InChI is InChI=1S/C15H20N4/c1-11-6-7-19(9-11)10-13-8-12-4-2-3-5-14(12)17-15(13)18-16/h2-5,8,11H,6-7,9-10,16H2,1H3,(H,17,18). The molecule has 0 radical (unpaired) electrons. The molecule has 1 atom stereocenters. The molecule has 4 nitrogen and oxygen atoms in total. The summed E-state index contributed by atoms with van der Waals surface area (Å²) in [5, 5.41) is 1.17. The van der Waals surface area contributed by atoms with Gasteiger partial charge in [-0.3, -0.25) is 4.90 Å². The number of fused-ring (bicyclic) bond motifs is 1. The van der Waals surface area contributed by atoms with Crippen LogP contribution in [-0.4, -0.2) is 23.0 Å². The van der Waals surface area contributed by atoms with Crippen molar-refractivity contribution in [2.24, 2.45) is 11.8 Å². The van der Waals surface area contributed by atoms with Gasteiger partial charge in [0.1, 0.15) is 5.82 Å². The Morgan fingerprint density at radius 3 is 3.00 bits per heavy atom. The Labute approximate surface area is 113 Å². The number of aromatic nitrogens is 1. The van der Waals surface area contributed by atoms with Crippen LogP contribution in [0.5, 0.6) is 0 Å². The second kappa shape index (κ2) is 5.15. The van der Waals surface area contributed by atoms with Crippen LogP contribution < -0.4 is 11.3 Å². The fraction of sp³-hybridized carbons (Fsp3) is 0.400. The zero-order chi connectivity index (χ0) is 13.2. The summed E-state index contributed by atoms with van der Waals surface area (Å²) < 4.78 is 0. The van der Waals surface area contributed by atoms with E-state index in [0.29, 0.717) is 0 Å². The highest BCUT2D eigenvalue weighted by atomic mass is 15.3. The van der Waals surface area contributed by atoms with Crippen LogP contribution in [0, 0.1) is 5.92 Å². The molecule has 1 aliphatic heterocycles. The number of benzene rings is 1. The Balaban J connectivity index is 1.92. The molecule has 1 fully saturated rings. The van der Waals surface area contributed by atoms with Gasteiger partial charge in [0.15, 0.2) is 0 Å². The van der Waals surface area contributed by atoms with Crippen LogP contribution in [0.3, 0.4) is 0 Å². The molecule has 100 valence electrons. The number of para-hydroxylation sites is 1. The van der Waals surface area contributed by atoms with Gasteiger partial charge in [-0.25, -0.2) is 10.8 Å². The first-order valence-electron chi connectivity index (χ1n) is 6.84. The van der Waals surface area contributed by atoms with E-state index in [4.69, 9.17) is 5.84 Å². The highest BCUT2D eigenvalue weighted by Crippen LogP contribution is 2.24. The zero-order valence-corrected chi connectivity index (χ0v) is 11.3. The zero-order valence-electron chi connectivity index (χ0n) is 11.3. The molecule has 1 saturated heterocycles. The number of nitrogens with two attached hydrogens (primary N) is 1. The number of hydrogen-bond acceptors (Lipinski definition) is 4. The van der Waals surface area contributed by atoms with Crippen molar-refractivity contribution in [3.05, 3.63) is 35.9 Å². The van der Waals surface area contributed by atoms with Crippen molar-refractivity contribution in [3.8, 4) is 0 Å². The number of nitrogens with one attached hydrogen (secondary N) is 1. The van der Waals surface area contributed by atoms with Gasteiger partial charge in [0.2, 0.25) is 0 Å². The summed E-state index contributed by atoms with van der Waals surface area (Å²) in [6.45, 7) is 5.55. The molecule has 19 heavy (non-hydrogen) atoms. The quantitative estimate of drug-likeness (QED) is 0.654. The molecule has 1 unspecified atom stereocenters. The SMILES string of the molecule is CC1CCN(Cc2cc3ccccc3nc2NN)C1. The van der Waals surface area contributed by atoms with Gasteiger partial charge in [-0.2, -0.15) is 0 Å². The Kier molecular flexibility index (Phi) is 3.36. The number of nitrogens with zero attached hydrogens (tertiary/aromatic N) is 2. The van der Waals surface area contributed by atoms with Gasteiger partial charge in [-0.15, -0.1) is 0 Å². The molecular formula is C15H20N4. The van der Waals surface area contributed by atoms with Crippen LogP contribution in [0.25, 0.3) is 10.9 Å². The van der Waals surface area contributed by atoms with Gasteiger partial charge in [-0.05, 0) is 31.0 Å². The van der Waals surface area contributed by atoms with Crippen molar-refractivity contribution in [2.45, 2.75) is 19.9 Å². The number of hydrogen-bond donors (Lipinski definition) is 2. The van der Waals surface area contributed by atoms with E-state index in [1.807, 2.05) is 18.2 Å². The first-order valence-corrected chi connectivity index (χ1v) is 6.84. The van der Waals surface area contributed by atoms with Crippen LogP contribution in [0.15, 0.2) is 30.3 Å². The maximum absolute atomic E-state index is 5.61. The topological polar surface area (TPSA) is 54.2 Å². The normalized spacial score (nSPS) is 20.0. The van der Waals surface area contributed by atoms with E-state index in [1.54, 1.807) is 0 Å². The van der Waals surface area contributed by atoms with E-state index in [-0.39, 0.29) is 0 Å². The lowest BCUT2D eigenvalue weighted by atomic mass is 10.1. The first-order chi connectivity index (χ1) is 9.26. The molecule has 0 amide bonds. The Morgan fingerprint density at radius 2 is 2.26 bits per heavy atom. The van der Waals surface area contributed by atoms with Crippen molar-refractivity contribution >= 4 is 16.7 Å². The van der Waals surface area contributed by atoms with Gasteiger partial charge in [0.25, 0.3) is 0 Å². The highest BCUT2D eigenvalue weighted by molar-refractivity contribution is 5.81. The van der Waals surface area contributed by atoms with Crippen LogP contribution in [0.1, 0.15) is 18.9 Å². The second-order valence-corrected chi connectivity index (χ2v) is 5.46. The van der Waals surface area contributed by atoms with Crippen molar-refractivity contribution in [3.63, 3.8) is 0 Å². The van der Waals surface area contributed by atoms with Gasteiger partial charge in [0.05, 0.1) is 5.52 Å². The average Bonchev–Trinajstić information content (AvgIpc) is 2.83. The lowest BCUT2D eigenvalue weighted by Crippen LogP contribution is -2.21. The van der Waals surface area contributed by atoms with Crippen molar-refractivity contribution in [1.29, 1.82) is 0 Å². The fourth-order valence-corrected chi connectivity index (χ4v) is 2.82. The fourth-order valence-electron chi connectivity index (χ4n) is 2.82. The van der Waals surface area contributed by atoms with E-state index < -0.39 is 0 Å². The monoisotopic (exact) mass is 256 g/mol. The van der Waals surface area contributed by atoms with Gasteiger partial charge < -0.3 is 5.43 Å². The predicted octanol–water partition coefficient (Wildman–Crippen LogP) is 2.36. The highest BCUT2D eigenvalue weighted by Gasteiger charge is 2.20. The summed E-state index contributed by atoms with van der Waals surface area (Å²) in [5.74, 6) is 7.20. The van der Waals surface area contributed by atoms with Crippen LogP contribution in [0.2, 0.25) is 0 Å². The minimum absolute atomic E-state index is 0.790. The van der Waals surface area contributed by atoms with E-state index >= 15 is 0 Å². The molecule has 1 aromatic heterocycles. The molecule has 0 aliphatic carbocycles. The van der Waals surface area contributed by atoms with Gasteiger partial charge in [-0.1, -0.05) is 25.1 Å². The molecule has 0 spiro atoms. The van der Waals surface area contributed by atoms with Crippen molar-refractivity contribution < 1.29 is 0 Å². The van der Waals surface area contributed by atoms with Gasteiger partial charge in [0, 0.05) is 24.0 Å². The lowest BCUT2D eigenvalue weighted by molar-refractivity contribution is 0.320. The van der Waals surface area contributed by atoms with Crippen LogP contribution >= 0.6 is 0 Å². The first kappa shape index (κ1) is 12.4. The number of hydrazine groups is 1. The van der Waals surface area contributed by atoms with Gasteiger partial charge >= 0.3 is 0 Å². The number of rotatable bonds is 3. The minimum Gasteiger partial charge on any atom is -0.308 e. The van der Waals surface area contributed by atoms with E-state index in [9.17, 15) is 0 Å². The molecular weight excluding hydrogens is 236 g/mol. The number of nitrogen functional groups attached to an aromatic ring is 1. The Morgan fingerprint density at radius 1 is 1.42 bits per heavy atom. The number of likely N-dealkylation sites (tertiary alicyclic amines) is 1. The predicted molar refractivity (Wildman–Crippen MR) is 78.6 cm³/mol. The van der Waals surface area contributed by atoms with E-state index in [2.05, 4.69) is 34.4 Å². The molecule has 4 heteroatoms. The average molecular weight is 256 g/mol. The number of anilines is 1. The van der Waals surface area contributed by atoms with Crippen molar-refractivity contribution in [1.82, 2.24) is 9.88 Å². The molecule has 0 bridgehead atoms. The Bertz CT molecular complexity index is 581. The molecule has 2 heterocycles. The number of pyridine rings is 1. The van der Waals surface area contributed by atoms with Crippen LogP contribution in [0.4, 0.5) is 5.82 Å². The van der Waals surface area contributed by atoms with E-state index in [1.165, 1.54) is 17.4 Å². The van der Waals surface area contributed by atoms with Crippen molar-refractivity contribution in [2.75, 3.05) is 18.5 Å². The Hall–Kier alpha value is -1.65. The third kappa shape index (κ3) is 2.55. The summed E-state index contributed by atoms with van der Waals surface area (Å²) in [5.41, 5.74) is 4.89. The summed E-state index contributed by atoms with van der Waals surface area (Å²) in [7, 11) is 0. The molecule has 2 aromatic rings. The third-order valence-electron chi connectivity index (χ3n) is 3.84. The molecule has 1 aliphatic rings. The second-order valence-electron chi connectivity index (χ2n) is 5.46. The third-order valence-corrected chi connectivity index (χ3v) is 3.84. The minimum atomic E-state index is 0.790. The van der Waals surface area contributed by atoms with Crippen LogP contribution in [-0.2, 0) is 6.54 Å². The van der Waals surface area contributed by atoms with E-state index in [0.717, 1.165) is 36.9 Å². The molecule has 1 aromatic carbocycles. The summed E-state index contributed by atoms with van der Waals surface area (Å²) in [6, 6.07) is 10.3. The maximum Gasteiger partial charge on any atom is 0.145 e. The smallest absolute Gasteiger partial charge is 0.145 e. The largest absolute Gasteiger partial charge is 0.308 e. The molecule has 3 N–H and O–H groups in total. The summed E-state index contributed by atoms with van der Waals surface area (Å²) in [4.78, 5) is 7.06. The summed E-state index contributed by atoms with van der Waals surface area (Å²) in [6.07, 6.45) is 1.28. The maximum atomic E-state index is 5.61. The summed E-state index contributed by atoms with van der Waals surface area (Å²) >= 11 is 0.